The summed E-state index contributed by atoms with van der Waals surface area (Å²) in [5, 5.41) is 0. The molecule has 0 saturated heterocycles. The van der Waals surface area contributed by atoms with Crippen molar-refractivity contribution >= 4 is 12.2 Å². The van der Waals surface area contributed by atoms with Crippen molar-refractivity contribution in [3.05, 3.63) is 57.9 Å². The highest BCUT2D eigenvalue weighted by Crippen LogP contribution is 2.13. The lowest BCUT2D eigenvalue weighted by atomic mass is 10.1. The predicted molar refractivity (Wildman–Crippen MR) is 72.7 cm³/mol. The molecule has 1 heterocycles. The molecule has 1 N–H and O–H groups in total. The van der Waals surface area contributed by atoms with E-state index in [2.05, 4.69) is 23.8 Å². The minimum atomic E-state index is -0.230. The quantitative estimate of drug-likeness (QED) is 0.847. The van der Waals surface area contributed by atoms with E-state index in [1.165, 1.54) is 12.1 Å². The fourth-order valence-corrected chi connectivity index (χ4v) is 2.00. The topological polar surface area (TPSA) is 28.7 Å². The molecule has 0 fully saturated rings. The first-order chi connectivity index (χ1) is 8.54. The van der Waals surface area contributed by atoms with Gasteiger partial charge in [0, 0.05) is 12.1 Å². The highest BCUT2D eigenvalue weighted by atomic mass is 32.1. The van der Waals surface area contributed by atoms with Crippen molar-refractivity contribution < 1.29 is 4.39 Å². The first-order valence-corrected chi connectivity index (χ1v) is 6.30. The Bertz CT molecular complexity index is 605. The Morgan fingerprint density at radius 3 is 2.78 bits per heavy atom. The van der Waals surface area contributed by atoms with Gasteiger partial charge in [-0.1, -0.05) is 38.2 Å². The maximum absolute atomic E-state index is 13.1. The van der Waals surface area contributed by atoms with Crippen molar-refractivity contribution in [1.82, 2.24) is 9.97 Å². The van der Waals surface area contributed by atoms with Gasteiger partial charge in [-0.3, -0.25) is 0 Å². The molecule has 1 aromatic carbocycles. The maximum atomic E-state index is 13.1. The van der Waals surface area contributed by atoms with Gasteiger partial charge in [-0.25, -0.2) is 9.37 Å². The minimum Gasteiger partial charge on any atom is -0.347 e. The van der Waals surface area contributed by atoms with Crippen LogP contribution in [-0.2, 0) is 6.42 Å². The van der Waals surface area contributed by atoms with Gasteiger partial charge in [0.05, 0.1) is 0 Å². The molecule has 4 heteroatoms. The van der Waals surface area contributed by atoms with Crippen molar-refractivity contribution in [3.63, 3.8) is 0 Å². The third-order valence-electron chi connectivity index (χ3n) is 2.70. The summed E-state index contributed by atoms with van der Waals surface area (Å²) in [6.45, 7) is 4.18. The van der Waals surface area contributed by atoms with Gasteiger partial charge in [0.25, 0.3) is 0 Å². The predicted octanol–water partition coefficient (Wildman–Crippen LogP) is 3.99. The highest BCUT2D eigenvalue weighted by molar-refractivity contribution is 7.71. The second-order valence-corrected chi connectivity index (χ2v) is 5.00. The van der Waals surface area contributed by atoms with Crippen LogP contribution in [0.3, 0.4) is 0 Å². The summed E-state index contributed by atoms with van der Waals surface area (Å²) >= 11 is 5.14. The number of aromatic nitrogens is 2. The number of hydrogen-bond acceptors (Lipinski definition) is 2. The van der Waals surface area contributed by atoms with Crippen LogP contribution in [0, 0.1) is 10.5 Å². The SMILES string of the molecule is CC(C)c1cc(=S)nc(Cc2cccc(F)c2)[nH]1. The molecule has 2 nitrogen and oxygen atoms in total. The molecule has 0 atom stereocenters. The average molecular weight is 262 g/mol. The van der Waals surface area contributed by atoms with Gasteiger partial charge >= 0.3 is 0 Å². The Hall–Kier alpha value is -1.55. The Labute approximate surface area is 111 Å². The van der Waals surface area contributed by atoms with Crippen molar-refractivity contribution in [2.24, 2.45) is 0 Å². The summed E-state index contributed by atoms with van der Waals surface area (Å²) < 4.78 is 13.7. The first-order valence-electron chi connectivity index (χ1n) is 5.89. The van der Waals surface area contributed by atoms with Crippen LogP contribution < -0.4 is 0 Å². The number of rotatable bonds is 3. The fourth-order valence-electron chi connectivity index (χ4n) is 1.76. The smallest absolute Gasteiger partial charge is 0.130 e. The zero-order valence-electron chi connectivity index (χ0n) is 10.4. The molecule has 2 aromatic rings. The van der Waals surface area contributed by atoms with E-state index in [1.54, 1.807) is 6.07 Å². The van der Waals surface area contributed by atoms with E-state index in [1.807, 2.05) is 12.1 Å². The summed E-state index contributed by atoms with van der Waals surface area (Å²) in [4.78, 5) is 7.53. The standard InChI is InChI=1S/C14H15FN2S/c1-9(2)12-8-14(18)17-13(16-12)7-10-4-3-5-11(15)6-10/h3-6,8-9H,7H2,1-2H3,(H,16,17,18). The van der Waals surface area contributed by atoms with Gasteiger partial charge in [0.15, 0.2) is 0 Å². The number of H-pyrrole nitrogens is 1. The lowest BCUT2D eigenvalue weighted by Gasteiger charge is -2.08. The van der Waals surface area contributed by atoms with Crippen molar-refractivity contribution in [2.75, 3.05) is 0 Å². The average Bonchev–Trinajstić information content (AvgIpc) is 2.28. The second kappa shape index (κ2) is 5.40. The van der Waals surface area contributed by atoms with Gasteiger partial charge in [0.2, 0.25) is 0 Å². The third-order valence-corrected chi connectivity index (χ3v) is 2.90. The number of nitrogens with one attached hydrogen (secondary N) is 1. The molecule has 0 bridgehead atoms. The van der Waals surface area contributed by atoms with Gasteiger partial charge in [-0.2, -0.15) is 0 Å². The van der Waals surface area contributed by atoms with Crippen molar-refractivity contribution in [1.29, 1.82) is 0 Å². The molecule has 0 unspecified atom stereocenters. The Kier molecular flexibility index (Phi) is 3.87. The molecule has 0 aliphatic rings. The number of benzene rings is 1. The molecule has 0 saturated carbocycles. The third kappa shape index (κ3) is 3.23. The largest absolute Gasteiger partial charge is 0.347 e. The lowest BCUT2D eigenvalue weighted by molar-refractivity contribution is 0.625. The molecule has 0 aliphatic carbocycles. The van der Waals surface area contributed by atoms with Crippen LogP contribution in [0.15, 0.2) is 30.3 Å². The van der Waals surface area contributed by atoms with Gasteiger partial charge in [-0.15, -0.1) is 0 Å². The monoisotopic (exact) mass is 262 g/mol. The molecule has 1 aromatic heterocycles. The maximum Gasteiger partial charge on any atom is 0.130 e. The molecule has 94 valence electrons. The van der Waals surface area contributed by atoms with Crippen molar-refractivity contribution in [2.45, 2.75) is 26.2 Å². The van der Waals surface area contributed by atoms with Crippen LogP contribution in [0.1, 0.15) is 36.8 Å². The summed E-state index contributed by atoms with van der Waals surface area (Å²) in [5.41, 5.74) is 1.94. The summed E-state index contributed by atoms with van der Waals surface area (Å²) in [6, 6.07) is 8.40. The zero-order chi connectivity index (χ0) is 13.1. The molecular weight excluding hydrogens is 247 g/mol. The Morgan fingerprint density at radius 1 is 1.33 bits per heavy atom. The van der Waals surface area contributed by atoms with Gasteiger partial charge < -0.3 is 4.98 Å². The van der Waals surface area contributed by atoms with Crippen LogP contribution in [0.5, 0.6) is 0 Å². The van der Waals surface area contributed by atoms with E-state index in [9.17, 15) is 4.39 Å². The molecular formula is C14H15FN2S. The first kappa shape index (κ1) is 12.9. The van der Waals surface area contributed by atoms with E-state index >= 15 is 0 Å². The molecule has 18 heavy (non-hydrogen) atoms. The Morgan fingerprint density at radius 2 is 2.11 bits per heavy atom. The van der Waals surface area contributed by atoms with E-state index in [4.69, 9.17) is 12.2 Å². The normalized spacial score (nSPS) is 10.9. The highest BCUT2D eigenvalue weighted by Gasteiger charge is 2.04. The van der Waals surface area contributed by atoms with E-state index in [0.717, 1.165) is 17.1 Å². The zero-order valence-corrected chi connectivity index (χ0v) is 11.2. The van der Waals surface area contributed by atoms with Gasteiger partial charge in [0.1, 0.15) is 16.3 Å². The van der Waals surface area contributed by atoms with Crippen LogP contribution in [0.25, 0.3) is 0 Å². The van der Waals surface area contributed by atoms with E-state index in [-0.39, 0.29) is 5.82 Å². The van der Waals surface area contributed by atoms with Crippen molar-refractivity contribution in [3.8, 4) is 0 Å². The van der Waals surface area contributed by atoms with Crippen LogP contribution >= 0.6 is 12.2 Å². The number of halogens is 1. The lowest BCUT2D eigenvalue weighted by Crippen LogP contribution is -2.02. The summed E-state index contributed by atoms with van der Waals surface area (Å²) in [6.07, 6.45) is 0.557. The molecule has 0 spiro atoms. The second-order valence-electron chi connectivity index (χ2n) is 4.58. The van der Waals surface area contributed by atoms with Gasteiger partial charge in [-0.05, 0) is 29.7 Å². The molecule has 0 radical (unpaired) electrons. The van der Waals surface area contributed by atoms with Crippen LogP contribution in [0.4, 0.5) is 4.39 Å². The van der Waals surface area contributed by atoms with Crippen LogP contribution in [0.2, 0.25) is 0 Å². The number of aromatic amines is 1. The number of hydrogen-bond donors (Lipinski definition) is 1. The Balaban J connectivity index is 2.32. The fraction of sp³-hybridized carbons (Fsp3) is 0.286. The molecule has 0 aliphatic heterocycles. The molecule has 0 amide bonds. The van der Waals surface area contributed by atoms with E-state index < -0.39 is 0 Å². The van der Waals surface area contributed by atoms with E-state index in [0.29, 0.717) is 17.0 Å². The molecule has 2 rings (SSSR count). The summed E-state index contributed by atoms with van der Waals surface area (Å²) in [5.74, 6) is 0.906. The minimum absolute atomic E-state index is 0.230. The van der Waals surface area contributed by atoms with Crippen LogP contribution in [-0.4, -0.2) is 9.97 Å². The number of nitrogens with zero attached hydrogens (tertiary/aromatic N) is 1. The summed E-state index contributed by atoms with van der Waals surface area (Å²) in [7, 11) is 0.